The fourth-order valence-electron chi connectivity index (χ4n) is 4.71. The molecule has 0 saturated carbocycles. The quantitative estimate of drug-likeness (QED) is 0.208. The Kier molecular flexibility index (Phi) is 7.99. The van der Waals surface area contributed by atoms with Crippen molar-refractivity contribution < 1.29 is 46.3 Å². The van der Waals surface area contributed by atoms with Crippen LogP contribution in [0.25, 0.3) is 11.2 Å². The van der Waals surface area contributed by atoms with E-state index >= 15 is 4.39 Å². The molecule has 6 heterocycles. The number of nitrogens with two attached hydrogens (primary N) is 1. The molecule has 18 nitrogen and oxygen atoms in total. The Hall–Kier alpha value is -2.71. The maximum atomic E-state index is 15.9. The van der Waals surface area contributed by atoms with Gasteiger partial charge in [-0.05, 0) is 17.9 Å². The summed E-state index contributed by atoms with van der Waals surface area (Å²) in [7, 11) is 0. The Morgan fingerprint density at radius 2 is 2.14 bits per heavy atom. The van der Waals surface area contributed by atoms with E-state index in [1.54, 1.807) is 0 Å². The predicted molar refractivity (Wildman–Crippen MR) is 152 cm³/mol. The Morgan fingerprint density at radius 1 is 1.35 bits per heavy atom. The third kappa shape index (κ3) is 6.02. The molecule has 2 bridgehead atoms. The van der Waals surface area contributed by atoms with Gasteiger partial charge in [-0.15, -0.1) is 0 Å². The molecular weight excluding hydrogens is 655 g/mol. The molecule has 2 amide bonds. The van der Waals surface area contributed by atoms with E-state index < -0.39 is 75.2 Å². The second kappa shape index (κ2) is 11.3. The van der Waals surface area contributed by atoms with Crippen molar-refractivity contribution in [2.24, 2.45) is 15.7 Å². The van der Waals surface area contributed by atoms with Crippen LogP contribution < -0.4 is 11.1 Å². The first-order valence-corrected chi connectivity index (χ1v) is 17.6. The number of aromatic nitrogens is 3. The summed E-state index contributed by atoms with van der Waals surface area (Å²) in [5.74, 6) is -1.77. The predicted octanol–water partition coefficient (Wildman–Crippen LogP) is -0.0279. The first-order chi connectivity index (χ1) is 20.3. The molecule has 1 saturated heterocycles. The van der Waals surface area contributed by atoms with Crippen molar-refractivity contribution in [3.63, 3.8) is 0 Å². The lowest BCUT2D eigenvalue weighted by atomic mass is 10.1. The standard InChI is InChI=1S/C20H22FN9O9P2S2/c21-12-10-5-36-40(33,42)35-2-1-29-11(26-9-3-8(15(22)31)4-24-16(9)29)6-37-41(34,43)39-14(12)19(38-10)30-7-25-13-17(30)27-20(23)28-18(13)32/h3-4,7,10,12-14,19H,1-2,5-6H2,(H2,22,31)(H,33,42)(H,34,43)(H2,23,28,32)/t10-,12-,13?,14-,19-,40?,41?/m1/s1. The number of carbonyl (C=O) groups excluding carboxylic acids is 2. The molecule has 0 spiro atoms. The number of hydrogen-bond donors (Lipinski definition) is 5. The van der Waals surface area contributed by atoms with Gasteiger partial charge < -0.3 is 29.0 Å². The number of hydrogen-bond acceptors (Lipinski definition) is 14. The summed E-state index contributed by atoms with van der Waals surface area (Å²) in [6.45, 7) is -9.61. The van der Waals surface area contributed by atoms with Gasteiger partial charge >= 0.3 is 13.5 Å². The zero-order valence-corrected chi connectivity index (χ0v) is 25.0. The van der Waals surface area contributed by atoms with E-state index in [1.165, 1.54) is 21.7 Å². The highest BCUT2D eigenvalue weighted by atomic mass is 32.7. The number of carbonyl (C=O) groups is 2. The molecule has 0 aliphatic carbocycles. The van der Waals surface area contributed by atoms with Crippen molar-refractivity contribution in [2.75, 3.05) is 13.2 Å². The van der Waals surface area contributed by atoms with E-state index in [2.05, 4.69) is 37.5 Å². The number of aliphatic imine (C=N–C) groups is 2. The number of rotatable bonds is 2. The Balaban J connectivity index is 1.33. The summed E-state index contributed by atoms with van der Waals surface area (Å²) in [5, 5.41) is 9.99. The number of imidazole rings is 1. The number of amides is 2. The largest absolute Gasteiger partial charge is 0.387 e. The molecule has 1 fully saturated rings. The number of alkyl halides is 1. The van der Waals surface area contributed by atoms with E-state index in [0.29, 0.717) is 0 Å². The number of primary amides is 1. The van der Waals surface area contributed by atoms with Crippen molar-refractivity contribution in [3.8, 4) is 0 Å². The normalized spacial score (nSPS) is 35.1. The average molecular weight is 678 g/mol. The molecule has 0 radical (unpaired) electrons. The molecule has 6 rings (SSSR count). The fourth-order valence-corrected chi connectivity index (χ4v) is 7.21. The monoisotopic (exact) mass is 677 g/mol. The molecule has 3 unspecified atom stereocenters. The van der Waals surface area contributed by atoms with E-state index in [4.69, 9.17) is 45.8 Å². The SMILES string of the molecule is N=C1N=C2C(N=CN2[C@@H]2O[C@@H]3COP(O)(=S)OCCn4c(nc5cc(C(N)=O)cnc54)COP(=O)(S)O[C@@H]2[C@@H]3F)C(=O)N1. The van der Waals surface area contributed by atoms with Crippen molar-refractivity contribution in [1.29, 1.82) is 5.41 Å². The van der Waals surface area contributed by atoms with Crippen molar-refractivity contribution in [1.82, 2.24) is 24.8 Å². The molecule has 43 heavy (non-hydrogen) atoms. The number of nitrogens with zero attached hydrogens (tertiary/aromatic N) is 6. The highest BCUT2D eigenvalue weighted by molar-refractivity contribution is 8.44. The van der Waals surface area contributed by atoms with Crippen LogP contribution in [-0.2, 0) is 57.1 Å². The average Bonchev–Trinajstić information content (AvgIpc) is 3.59. The number of ether oxygens (including phenoxy) is 1. The van der Waals surface area contributed by atoms with Gasteiger partial charge in [0.1, 0.15) is 30.2 Å². The van der Waals surface area contributed by atoms with Crippen molar-refractivity contribution >= 4 is 78.7 Å². The second-order valence-corrected chi connectivity index (χ2v) is 15.1. The third-order valence-electron chi connectivity index (χ3n) is 6.64. The van der Waals surface area contributed by atoms with Gasteiger partial charge in [-0.25, -0.2) is 18.9 Å². The lowest BCUT2D eigenvalue weighted by Crippen LogP contribution is -2.53. The number of halogens is 1. The van der Waals surface area contributed by atoms with Gasteiger partial charge in [0.25, 0.3) is 5.91 Å². The number of amidine groups is 1. The minimum atomic E-state index is -4.39. The molecule has 2 aromatic rings. The number of guanidine groups is 1. The summed E-state index contributed by atoms with van der Waals surface area (Å²) in [4.78, 5) is 52.3. The summed E-state index contributed by atoms with van der Waals surface area (Å²) in [6.07, 6.45) is -4.22. The van der Waals surface area contributed by atoms with Crippen molar-refractivity contribution in [2.45, 2.75) is 43.8 Å². The molecule has 7 atom stereocenters. The van der Waals surface area contributed by atoms with Crippen LogP contribution in [0.3, 0.4) is 0 Å². The molecule has 2 aromatic heterocycles. The number of fused-ring (bicyclic) bond motifs is 6. The summed E-state index contributed by atoms with van der Waals surface area (Å²) < 4.78 is 58.4. The van der Waals surface area contributed by atoms with E-state index in [1.807, 2.05) is 0 Å². The van der Waals surface area contributed by atoms with Crippen LogP contribution in [0.4, 0.5) is 4.39 Å². The van der Waals surface area contributed by atoms with Crippen LogP contribution in [0.1, 0.15) is 16.2 Å². The highest BCUT2D eigenvalue weighted by Crippen LogP contribution is 2.57. The van der Waals surface area contributed by atoms with Crippen molar-refractivity contribution in [3.05, 3.63) is 23.7 Å². The number of nitrogens with one attached hydrogen (secondary N) is 2. The fraction of sp³-hybridized carbons (Fsp3) is 0.450. The van der Waals surface area contributed by atoms with Gasteiger partial charge in [-0.1, -0.05) is 12.2 Å². The molecule has 23 heteroatoms. The molecule has 230 valence electrons. The zero-order chi connectivity index (χ0) is 30.7. The summed E-state index contributed by atoms with van der Waals surface area (Å²) >= 11 is 9.12. The first-order valence-electron chi connectivity index (χ1n) is 12.3. The second-order valence-electron chi connectivity index (χ2n) is 9.41. The Bertz CT molecular complexity index is 1690. The van der Waals surface area contributed by atoms with Crippen LogP contribution in [0.2, 0.25) is 0 Å². The molecule has 4 aliphatic rings. The summed E-state index contributed by atoms with van der Waals surface area (Å²) in [5.41, 5.74) is 5.95. The van der Waals surface area contributed by atoms with Gasteiger partial charge in [-0.2, -0.15) is 4.99 Å². The van der Waals surface area contributed by atoms with Crippen LogP contribution in [0.15, 0.2) is 22.2 Å². The van der Waals surface area contributed by atoms with Gasteiger partial charge in [0.2, 0.25) is 11.9 Å². The topological polar surface area (TPSA) is 238 Å². The van der Waals surface area contributed by atoms with Gasteiger partial charge in [0.05, 0.1) is 25.1 Å². The summed E-state index contributed by atoms with van der Waals surface area (Å²) in [6, 6.07) is 0.255. The number of thiol groups is 1. The third-order valence-corrected chi connectivity index (χ3v) is 9.85. The number of pyridine rings is 1. The van der Waals surface area contributed by atoms with Crippen LogP contribution >= 0.6 is 25.8 Å². The lowest BCUT2D eigenvalue weighted by Gasteiger charge is -2.30. The lowest BCUT2D eigenvalue weighted by molar-refractivity contribution is -0.119. The molecule has 0 aromatic carbocycles. The molecule has 5 N–H and O–H groups in total. The minimum absolute atomic E-state index is 0.00860. The van der Waals surface area contributed by atoms with Crippen LogP contribution in [0, 0.1) is 5.41 Å². The molecular formula is C20H22FN9O9P2S2. The first kappa shape index (κ1) is 30.3. The maximum absolute atomic E-state index is 15.9. The Morgan fingerprint density at radius 3 is 2.91 bits per heavy atom. The smallest absolute Gasteiger partial charge is 0.366 e. The maximum Gasteiger partial charge on any atom is 0.387 e. The highest BCUT2D eigenvalue weighted by Gasteiger charge is 2.54. The van der Waals surface area contributed by atoms with Crippen LogP contribution in [0.5, 0.6) is 0 Å². The van der Waals surface area contributed by atoms with Gasteiger partial charge in [-0.3, -0.25) is 39.3 Å². The van der Waals surface area contributed by atoms with E-state index in [-0.39, 0.29) is 41.5 Å². The minimum Gasteiger partial charge on any atom is -0.366 e. The van der Waals surface area contributed by atoms with Gasteiger partial charge in [0, 0.05) is 12.7 Å². The van der Waals surface area contributed by atoms with E-state index in [0.717, 1.165) is 6.34 Å². The molecule has 4 aliphatic heterocycles. The van der Waals surface area contributed by atoms with E-state index in [9.17, 15) is 19.0 Å². The van der Waals surface area contributed by atoms with Crippen LogP contribution in [-0.4, -0.2) is 98.1 Å². The zero-order valence-electron chi connectivity index (χ0n) is 21.5. The van der Waals surface area contributed by atoms with Gasteiger partial charge in [0.15, 0.2) is 29.9 Å². The Labute approximate surface area is 251 Å².